The maximum Gasteiger partial charge on any atom is 0.225 e. The van der Waals surface area contributed by atoms with Crippen LogP contribution in [0, 0.1) is 5.92 Å². The predicted octanol–water partition coefficient (Wildman–Crippen LogP) is 4.97. The van der Waals surface area contributed by atoms with Crippen LogP contribution in [0.4, 0.5) is 5.82 Å². The van der Waals surface area contributed by atoms with Crippen molar-refractivity contribution in [3.63, 3.8) is 0 Å². The molecule has 2 N–H and O–H groups in total. The number of fused-ring (bicyclic) bond motifs is 1. The SMILES string of the molecule is CCn1c(-c2cc(NC(=O)CC3CCCCC3)n[nH]2)cc2ccc(OC)cc21. The van der Waals surface area contributed by atoms with Crippen molar-refractivity contribution >= 4 is 22.6 Å². The minimum absolute atomic E-state index is 0.0609. The number of carbonyl (C=O) groups excluding carboxylic acids is 1. The molecule has 0 bridgehead atoms. The number of methoxy groups -OCH3 is 1. The van der Waals surface area contributed by atoms with Crippen molar-refractivity contribution in [3.8, 4) is 17.1 Å². The molecule has 28 heavy (non-hydrogen) atoms. The van der Waals surface area contributed by atoms with Crippen LogP contribution in [-0.4, -0.2) is 27.8 Å². The number of anilines is 1. The molecule has 0 radical (unpaired) electrons. The van der Waals surface area contributed by atoms with Gasteiger partial charge < -0.3 is 14.6 Å². The van der Waals surface area contributed by atoms with E-state index in [-0.39, 0.29) is 5.91 Å². The molecule has 1 aromatic carbocycles. The maximum absolute atomic E-state index is 12.4. The fraction of sp³-hybridized carbons (Fsp3) is 0.455. The van der Waals surface area contributed by atoms with Gasteiger partial charge >= 0.3 is 0 Å². The average Bonchev–Trinajstić information content (AvgIpc) is 3.31. The molecule has 1 saturated carbocycles. The first-order chi connectivity index (χ1) is 13.7. The van der Waals surface area contributed by atoms with E-state index in [1.54, 1.807) is 7.11 Å². The summed E-state index contributed by atoms with van der Waals surface area (Å²) in [7, 11) is 1.68. The summed E-state index contributed by atoms with van der Waals surface area (Å²) in [5.74, 6) is 2.00. The van der Waals surface area contributed by atoms with Crippen molar-refractivity contribution in [2.45, 2.75) is 52.0 Å². The number of aryl methyl sites for hydroxylation is 1. The van der Waals surface area contributed by atoms with Crippen LogP contribution in [-0.2, 0) is 11.3 Å². The zero-order chi connectivity index (χ0) is 19.5. The molecule has 0 saturated heterocycles. The molecular formula is C22H28N4O2. The van der Waals surface area contributed by atoms with Gasteiger partial charge in [0.15, 0.2) is 5.82 Å². The molecule has 1 fully saturated rings. The van der Waals surface area contributed by atoms with E-state index in [2.05, 4.69) is 39.1 Å². The van der Waals surface area contributed by atoms with Crippen molar-refractivity contribution in [1.29, 1.82) is 0 Å². The van der Waals surface area contributed by atoms with Crippen LogP contribution in [0.3, 0.4) is 0 Å². The Hall–Kier alpha value is -2.76. The molecule has 0 unspecified atom stereocenters. The number of rotatable bonds is 6. The Bertz CT molecular complexity index is 966. The number of nitrogens with zero attached hydrogens (tertiary/aromatic N) is 2. The van der Waals surface area contributed by atoms with Crippen LogP contribution >= 0.6 is 0 Å². The van der Waals surface area contributed by atoms with Gasteiger partial charge in [-0.2, -0.15) is 5.10 Å². The van der Waals surface area contributed by atoms with Gasteiger partial charge in [-0.15, -0.1) is 0 Å². The Morgan fingerprint density at radius 2 is 2.07 bits per heavy atom. The second-order valence-electron chi connectivity index (χ2n) is 7.62. The third-order valence-corrected chi connectivity index (χ3v) is 5.75. The number of H-pyrrole nitrogens is 1. The Morgan fingerprint density at radius 3 is 2.82 bits per heavy atom. The maximum atomic E-state index is 12.4. The largest absolute Gasteiger partial charge is 0.497 e. The quantitative estimate of drug-likeness (QED) is 0.634. The Kier molecular flexibility index (Phi) is 5.37. The Labute approximate surface area is 165 Å². The first kappa shape index (κ1) is 18.6. The van der Waals surface area contributed by atoms with Crippen LogP contribution in [0.5, 0.6) is 5.75 Å². The van der Waals surface area contributed by atoms with Crippen LogP contribution in [0.15, 0.2) is 30.3 Å². The van der Waals surface area contributed by atoms with Gasteiger partial charge in [-0.25, -0.2) is 0 Å². The van der Waals surface area contributed by atoms with Crippen molar-refractivity contribution in [2.75, 3.05) is 12.4 Å². The third-order valence-electron chi connectivity index (χ3n) is 5.75. The summed E-state index contributed by atoms with van der Waals surface area (Å²) in [4.78, 5) is 12.4. The van der Waals surface area contributed by atoms with Gasteiger partial charge in [-0.3, -0.25) is 9.89 Å². The predicted molar refractivity (Wildman–Crippen MR) is 112 cm³/mol. The normalized spacial score (nSPS) is 15.1. The van der Waals surface area contributed by atoms with Gasteiger partial charge in [0.1, 0.15) is 5.75 Å². The molecule has 1 aliphatic rings. The van der Waals surface area contributed by atoms with Crippen LogP contribution in [0.1, 0.15) is 45.4 Å². The number of aromatic nitrogens is 3. The average molecular weight is 380 g/mol. The van der Waals surface area contributed by atoms with Crippen LogP contribution < -0.4 is 10.1 Å². The fourth-order valence-electron chi connectivity index (χ4n) is 4.29. The second-order valence-corrected chi connectivity index (χ2v) is 7.62. The highest BCUT2D eigenvalue weighted by molar-refractivity contribution is 5.91. The standard InChI is InChI=1S/C22H28N4O2/c1-3-26-19-13-17(28-2)10-9-16(19)12-20(26)18-14-21(25-24-18)23-22(27)11-15-7-5-4-6-8-15/h9-10,12-15H,3-8,11H2,1-2H3,(H2,23,24,25,27). The topological polar surface area (TPSA) is 71.9 Å². The highest BCUT2D eigenvalue weighted by Crippen LogP contribution is 2.31. The second kappa shape index (κ2) is 8.09. The summed E-state index contributed by atoms with van der Waals surface area (Å²) in [5.41, 5.74) is 3.06. The lowest BCUT2D eigenvalue weighted by Gasteiger charge is -2.20. The molecule has 3 aromatic rings. The summed E-state index contributed by atoms with van der Waals surface area (Å²) in [5, 5.41) is 11.5. The van der Waals surface area contributed by atoms with Gasteiger partial charge in [0.25, 0.3) is 0 Å². The summed E-state index contributed by atoms with van der Waals surface area (Å²) in [6, 6.07) is 10.1. The van der Waals surface area contributed by atoms with E-state index in [4.69, 9.17) is 4.74 Å². The number of hydrogen-bond acceptors (Lipinski definition) is 3. The third kappa shape index (κ3) is 3.77. The van der Waals surface area contributed by atoms with E-state index in [9.17, 15) is 4.79 Å². The number of hydrogen-bond donors (Lipinski definition) is 2. The smallest absolute Gasteiger partial charge is 0.225 e. The molecule has 2 aromatic heterocycles. The lowest BCUT2D eigenvalue weighted by molar-refractivity contribution is -0.117. The minimum atomic E-state index is 0.0609. The van der Waals surface area contributed by atoms with Crippen molar-refractivity contribution in [1.82, 2.24) is 14.8 Å². The number of nitrogens with one attached hydrogen (secondary N) is 2. The molecule has 6 nitrogen and oxygen atoms in total. The monoisotopic (exact) mass is 380 g/mol. The lowest BCUT2D eigenvalue weighted by atomic mass is 9.87. The van der Waals surface area contributed by atoms with E-state index >= 15 is 0 Å². The summed E-state index contributed by atoms with van der Waals surface area (Å²) in [6.45, 7) is 2.94. The number of amides is 1. The number of benzene rings is 1. The summed E-state index contributed by atoms with van der Waals surface area (Å²) in [6.07, 6.45) is 6.72. The van der Waals surface area contributed by atoms with Gasteiger partial charge in [0, 0.05) is 30.5 Å². The van der Waals surface area contributed by atoms with Crippen LogP contribution in [0.25, 0.3) is 22.3 Å². The van der Waals surface area contributed by atoms with Crippen LogP contribution in [0.2, 0.25) is 0 Å². The first-order valence-corrected chi connectivity index (χ1v) is 10.2. The molecule has 1 aliphatic carbocycles. The van der Waals surface area contributed by atoms with Gasteiger partial charge in [0.05, 0.1) is 24.0 Å². The molecule has 1 amide bonds. The molecule has 4 rings (SSSR count). The molecule has 148 valence electrons. The zero-order valence-electron chi connectivity index (χ0n) is 16.6. The van der Waals surface area contributed by atoms with E-state index in [1.165, 1.54) is 32.1 Å². The molecule has 6 heteroatoms. The molecular weight excluding hydrogens is 352 g/mol. The number of aromatic amines is 1. The van der Waals surface area contributed by atoms with Crippen molar-refractivity contribution < 1.29 is 9.53 Å². The molecule has 0 aliphatic heterocycles. The number of carbonyl (C=O) groups is 1. The van der Waals surface area contributed by atoms with Gasteiger partial charge in [-0.05, 0) is 43.9 Å². The van der Waals surface area contributed by atoms with Crippen molar-refractivity contribution in [3.05, 3.63) is 30.3 Å². The zero-order valence-corrected chi connectivity index (χ0v) is 16.6. The van der Waals surface area contributed by atoms with E-state index in [0.717, 1.165) is 34.6 Å². The first-order valence-electron chi connectivity index (χ1n) is 10.2. The molecule has 0 spiro atoms. The van der Waals surface area contributed by atoms with E-state index in [1.807, 2.05) is 18.2 Å². The van der Waals surface area contributed by atoms with Crippen molar-refractivity contribution in [2.24, 2.45) is 5.92 Å². The fourth-order valence-corrected chi connectivity index (χ4v) is 4.29. The summed E-state index contributed by atoms with van der Waals surface area (Å²) >= 11 is 0. The molecule has 2 heterocycles. The van der Waals surface area contributed by atoms with Gasteiger partial charge in [0.2, 0.25) is 5.91 Å². The van der Waals surface area contributed by atoms with E-state index in [0.29, 0.717) is 18.2 Å². The highest BCUT2D eigenvalue weighted by atomic mass is 16.5. The van der Waals surface area contributed by atoms with E-state index < -0.39 is 0 Å². The number of ether oxygens (including phenoxy) is 1. The Balaban J connectivity index is 1.53. The summed E-state index contributed by atoms with van der Waals surface area (Å²) < 4.78 is 7.59. The lowest BCUT2D eigenvalue weighted by Crippen LogP contribution is -2.18. The highest BCUT2D eigenvalue weighted by Gasteiger charge is 2.18. The van der Waals surface area contributed by atoms with Gasteiger partial charge in [-0.1, -0.05) is 19.3 Å². The Morgan fingerprint density at radius 1 is 1.25 bits per heavy atom. The minimum Gasteiger partial charge on any atom is -0.497 e. The molecule has 0 atom stereocenters.